The summed E-state index contributed by atoms with van der Waals surface area (Å²) >= 11 is 0. The van der Waals surface area contributed by atoms with Crippen molar-refractivity contribution in [3.05, 3.63) is 0 Å². The molecule has 0 saturated heterocycles. The Balaban J connectivity index is 2.82. The monoisotopic (exact) mass is 242 g/mol. The van der Waals surface area contributed by atoms with E-state index in [2.05, 4.69) is 0 Å². The van der Waals surface area contributed by atoms with Crippen LogP contribution in [0, 0.1) is 23.7 Å². The van der Waals surface area contributed by atoms with Crippen molar-refractivity contribution in [2.45, 2.75) is 34.1 Å². The predicted molar refractivity (Wildman–Crippen MR) is 63.2 cm³/mol. The van der Waals surface area contributed by atoms with E-state index in [1.165, 1.54) is 0 Å². The lowest BCUT2D eigenvalue weighted by atomic mass is 9.88. The first-order valence-electron chi connectivity index (χ1n) is 6.36. The smallest absolute Gasteiger partial charge is 0.310 e. The van der Waals surface area contributed by atoms with E-state index < -0.39 is 0 Å². The van der Waals surface area contributed by atoms with E-state index in [9.17, 15) is 9.59 Å². The van der Waals surface area contributed by atoms with Crippen LogP contribution in [0.25, 0.3) is 0 Å². The second kappa shape index (κ2) is 6.03. The van der Waals surface area contributed by atoms with E-state index in [-0.39, 0.29) is 35.6 Å². The van der Waals surface area contributed by atoms with Crippen molar-refractivity contribution in [1.29, 1.82) is 0 Å². The van der Waals surface area contributed by atoms with Gasteiger partial charge in [-0.2, -0.15) is 0 Å². The molecule has 0 aliphatic heterocycles. The lowest BCUT2D eigenvalue weighted by Crippen LogP contribution is -2.33. The summed E-state index contributed by atoms with van der Waals surface area (Å²) in [5.41, 5.74) is 0. The third-order valence-corrected chi connectivity index (χ3v) is 3.47. The molecule has 0 aromatic carbocycles. The Kier molecular flexibility index (Phi) is 4.97. The quantitative estimate of drug-likeness (QED) is 0.708. The van der Waals surface area contributed by atoms with Gasteiger partial charge in [0.2, 0.25) is 0 Å². The summed E-state index contributed by atoms with van der Waals surface area (Å²) in [5.74, 6) is -0.852. The molecule has 0 aromatic rings. The normalized spacial score (nSPS) is 32.2. The van der Waals surface area contributed by atoms with E-state index >= 15 is 0 Å². The summed E-state index contributed by atoms with van der Waals surface area (Å²) in [5, 5.41) is 0. The second-order valence-corrected chi connectivity index (χ2v) is 4.75. The summed E-state index contributed by atoms with van der Waals surface area (Å²) in [6.07, 6.45) is 0.868. The molecule has 0 heterocycles. The van der Waals surface area contributed by atoms with Gasteiger partial charge in [-0.15, -0.1) is 0 Å². The van der Waals surface area contributed by atoms with E-state index in [1.54, 1.807) is 13.8 Å². The van der Waals surface area contributed by atoms with Crippen LogP contribution < -0.4 is 0 Å². The van der Waals surface area contributed by atoms with Crippen molar-refractivity contribution >= 4 is 11.9 Å². The van der Waals surface area contributed by atoms with Crippen molar-refractivity contribution in [3.8, 4) is 0 Å². The van der Waals surface area contributed by atoms with Gasteiger partial charge in [-0.3, -0.25) is 9.59 Å². The number of carbonyl (C=O) groups is 2. The lowest BCUT2D eigenvalue weighted by molar-refractivity contribution is -0.161. The van der Waals surface area contributed by atoms with Crippen LogP contribution >= 0.6 is 0 Å². The summed E-state index contributed by atoms with van der Waals surface area (Å²) in [7, 11) is 0. The van der Waals surface area contributed by atoms with Gasteiger partial charge in [0.15, 0.2) is 0 Å². The number of ether oxygens (including phenoxy) is 2. The molecular weight excluding hydrogens is 220 g/mol. The highest BCUT2D eigenvalue weighted by Gasteiger charge is 2.48. The number of hydrogen-bond acceptors (Lipinski definition) is 4. The van der Waals surface area contributed by atoms with E-state index in [0.29, 0.717) is 13.2 Å². The Morgan fingerprint density at radius 3 is 1.59 bits per heavy atom. The fourth-order valence-electron chi connectivity index (χ4n) is 2.82. The summed E-state index contributed by atoms with van der Waals surface area (Å²) < 4.78 is 10.1. The highest BCUT2D eigenvalue weighted by atomic mass is 16.5. The first-order valence-corrected chi connectivity index (χ1v) is 6.36. The Morgan fingerprint density at radius 2 is 1.29 bits per heavy atom. The standard InChI is InChI=1S/C13H22O4/c1-5-16-12(14)10-8(3)7-9(4)11(10)13(15)17-6-2/h8-11H,5-7H2,1-4H3. The van der Waals surface area contributed by atoms with Gasteiger partial charge in [-0.25, -0.2) is 0 Å². The topological polar surface area (TPSA) is 52.6 Å². The van der Waals surface area contributed by atoms with Gasteiger partial charge in [-0.05, 0) is 32.1 Å². The number of rotatable bonds is 4. The fraction of sp³-hybridized carbons (Fsp3) is 0.846. The summed E-state index contributed by atoms with van der Waals surface area (Å²) in [4.78, 5) is 23.8. The van der Waals surface area contributed by atoms with Crippen LogP contribution in [0.5, 0.6) is 0 Å². The minimum absolute atomic E-state index is 0.179. The van der Waals surface area contributed by atoms with Crippen LogP contribution in [0.4, 0.5) is 0 Å². The van der Waals surface area contributed by atoms with Gasteiger partial charge >= 0.3 is 11.9 Å². The molecule has 4 atom stereocenters. The molecule has 1 fully saturated rings. The SMILES string of the molecule is CCOC(=O)C1C(C)CC(C)C1C(=O)OCC. The molecule has 1 aliphatic rings. The molecule has 17 heavy (non-hydrogen) atoms. The van der Waals surface area contributed by atoms with Gasteiger partial charge in [0.05, 0.1) is 25.0 Å². The van der Waals surface area contributed by atoms with Crippen LogP contribution in [0.15, 0.2) is 0 Å². The second-order valence-electron chi connectivity index (χ2n) is 4.75. The maximum Gasteiger partial charge on any atom is 0.310 e. The largest absolute Gasteiger partial charge is 0.466 e. The molecular formula is C13H22O4. The van der Waals surface area contributed by atoms with Crippen LogP contribution in [0.2, 0.25) is 0 Å². The summed E-state index contributed by atoms with van der Waals surface area (Å²) in [6.45, 7) is 8.26. The first kappa shape index (κ1) is 14.0. The number of hydrogen-bond donors (Lipinski definition) is 0. The zero-order valence-electron chi connectivity index (χ0n) is 11.1. The molecule has 0 amide bonds. The van der Waals surface area contributed by atoms with Crippen LogP contribution in [0.1, 0.15) is 34.1 Å². The Bertz CT molecular complexity index is 259. The maximum atomic E-state index is 11.9. The molecule has 4 heteroatoms. The third kappa shape index (κ3) is 2.99. The molecule has 0 N–H and O–H groups in total. The predicted octanol–water partition coefficient (Wildman–Crippen LogP) is 2.02. The van der Waals surface area contributed by atoms with E-state index in [1.807, 2.05) is 13.8 Å². The van der Waals surface area contributed by atoms with Crippen LogP contribution in [-0.2, 0) is 19.1 Å². The highest BCUT2D eigenvalue weighted by molar-refractivity contribution is 5.83. The van der Waals surface area contributed by atoms with Crippen molar-refractivity contribution in [1.82, 2.24) is 0 Å². The average Bonchev–Trinajstić information content (AvgIpc) is 2.54. The molecule has 0 spiro atoms. The van der Waals surface area contributed by atoms with Gasteiger partial charge in [0, 0.05) is 0 Å². The van der Waals surface area contributed by atoms with Crippen LogP contribution in [-0.4, -0.2) is 25.2 Å². The molecule has 0 radical (unpaired) electrons. The Labute approximate surface area is 103 Å². The molecule has 0 aromatic heterocycles. The van der Waals surface area contributed by atoms with Crippen molar-refractivity contribution in [2.75, 3.05) is 13.2 Å². The number of esters is 2. The minimum Gasteiger partial charge on any atom is -0.466 e. The Morgan fingerprint density at radius 1 is 0.941 bits per heavy atom. The van der Waals surface area contributed by atoms with Gasteiger partial charge in [0.25, 0.3) is 0 Å². The molecule has 0 bridgehead atoms. The first-order chi connectivity index (χ1) is 8.02. The third-order valence-electron chi connectivity index (χ3n) is 3.47. The van der Waals surface area contributed by atoms with Gasteiger partial charge in [-0.1, -0.05) is 13.8 Å². The zero-order chi connectivity index (χ0) is 13.0. The minimum atomic E-state index is -0.344. The lowest BCUT2D eigenvalue weighted by Gasteiger charge is -2.21. The maximum absolute atomic E-state index is 11.9. The summed E-state index contributed by atoms with van der Waals surface area (Å²) in [6, 6.07) is 0. The molecule has 4 unspecified atom stereocenters. The van der Waals surface area contributed by atoms with Gasteiger partial charge < -0.3 is 9.47 Å². The van der Waals surface area contributed by atoms with Crippen molar-refractivity contribution < 1.29 is 19.1 Å². The Hall–Kier alpha value is -1.06. The average molecular weight is 242 g/mol. The molecule has 1 saturated carbocycles. The number of carbonyl (C=O) groups excluding carboxylic acids is 2. The highest BCUT2D eigenvalue weighted by Crippen LogP contribution is 2.42. The molecule has 98 valence electrons. The van der Waals surface area contributed by atoms with Crippen molar-refractivity contribution in [3.63, 3.8) is 0 Å². The molecule has 1 aliphatic carbocycles. The fourth-order valence-corrected chi connectivity index (χ4v) is 2.82. The van der Waals surface area contributed by atoms with Crippen molar-refractivity contribution in [2.24, 2.45) is 23.7 Å². The molecule has 1 rings (SSSR count). The zero-order valence-corrected chi connectivity index (χ0v) is 11.1. The van der Waals surface area contributed by atoms with Crippen LogP contribution in [0.3, 0.4) is 0 Å². The van der Waals surface area contributed by atoms with E-state index in [4.69, 9.17) is 9.47 Å². The van der Waals surface area contributed by atoms with E-state index in [0.717, 1.165) is 6.42 Å². The van der Waals surface area contributed by atoms with Gasteiger partial charge in [0.1, 0.15) is 0 Å². The molecule has 4 nitrogen and oxygen atoms in total.